The molecule has 3 rings (SSSR count). The molecule has 1 aromatic rings. The predicted molar refractivity (Wildman–Crippen MR) is 67.2 cm³/mol. The molecule has 0 amide bonds. The van der Waals surface area contributed by atoms with E-state index in [4.69, 9.17) is 0 Å². The third kappa shape index (κ3) is 2.40. The molecule has 5 heteroatoms. The van der Waals surface area contributed by atoms with Crippen LogP contribution in [-0.4, -0.2) is 54.4 Å². The normalized spacial score (nSPS) is 25.8. The lowest BCUT2D eigenvalue weighted by molar-refractivity contribution is 0.410. The first-order valence-electron chi connectivity index (χ1n) is 6.31. The summed E-state index contributed by atoms with van der Waals surface area (Å²) < 4.78 is 0. The number of nitrogens with zero attached hydrogens (tertiary/aromatic N) is 3. The number of anilines is 1. The highest BCUT2D eigenvalue weighted by atomic mass is 15.2. The summed E-state index contributed by atoms with van der Waals surface area (Å²) in [5, 5.41) is 15.2. The molecular weight excluding hydrogens is 214 g/mol. The van der Waals surface area contributed by atoms with E-state index in [1.165, 1.54) is 13.0 Å². The molecule has 2 aliphatic heterocycles. The highest BCUT2D eigenvalue weighted by molar-refractivity contribution is 5.35. The molecule has 1 atom stereocenters. The minimum atomic E-state index is 0.521. The van der Waals surface area contributed by atoms with Gasteiger partial charge in [0.15, 0.2) is 0 Å². The largest absolute Gasteiger partial charge is 0.363 e. The lowest BCUT2D eigenvalue weighted by atomic mass is 10.1. The van der Waals surface area contributed by atoms with Gasteiger partial charge in [-0.2, -0.15) is 5.10 Å². The van der Waals surface area contributed by atoms with Crippen molar-refractivity contribution in [2.45, 2.75) is 18.4 Å². The minimum Gasteiger partial charge on any atom is -0.363 e. The van der Waals surface area contributed by atoms with Crippen LogP contribution < -0.4 is 10.6 Å². The lowest BCUT2D eigenvalue weighted by Crippen LogP contribution is -2.51. The molecular formula is C12H19N5. The van der Waals surface area contributed by atoms with Crippen LogP contribution in [0.25, 0.3) is 0 Å². The second-order valence-electron chi connectivity index (χ2n) is 5.09. The van der Waals surface area contributed by atoms with Crippen molar-refractivity contribution in [1.82, 2.24) is 20.4 Å². The molecule has 0 bridgehead atoms. The summed E-state index contributed by atoms with van der Waals surface area (Å²) in [7, 11) is 2.16. The zero-order valence-electron chi connectivity index (χ0n) is 10.2. The molecule has 2 fully saturated rings. The van der Waals surface area contributed by atoms with Gasteiger partial charge >= 0.3 is 0 Å². The number of likely N-dealkylation sites (N-methyl/N-ethyl adjacent to an activating group) is 1. The molecule has 0 spiro atoms. The summed E-state index contributed by atoms with van der Waals surface area (Å²) in [6.45, 7) is 4.32. The van der Waals surface area contributed by atoms with Gasteiger partial charge in [-0.15, -0.1) is 5.10 Å². The molecule has 2 N–H and O–H groups in total. The van der Waals surface area contributed by atoms with Gasteiger partial charge in [-0.05, 0) is 32.1 Å². The van der Waals surface area contributed by atoms with Gasteiger partial charge in [0.25, 0.3) is 0 Å². The Balaban J connectivity index is 1.63. The highest BCUT2D eigenvalue weighted by Crippen LogP contribution is 2.24. The van der Waals surface area contributed by atoms with Crippen LogP contribution in [0.4, 0.5) is 5.82 Å². The Morgan fingerprint density at radius 3 is 2.76 bits per heavy atom. The summed E-state index contributed by atoms with van der Waals surface area (Å²) >= 11 is 0. The first-order chi connectivity index (χ1) is 8.31. The Hall–Kier alpha value is -1.20. The van der Waals surface area contributed by atoms with Crippen LogP contribution in [0.3, 0.4) is 0 Å². The van der Waals surface area contributed by atoms with Gasteiger partial charge in [0.1, 0.15) is 5.82 Å². The standard InChI is InChI=1S/C12H19N5/c1-17-5-4-9(8-17)11-2-3-12(16-15-11)14-10-6-13-7-10/h2-3,9-10,13H,4-8H2,1H3,(H,14,16). The lowest BCUT2D eigenvalue weighted by Gasteiger charge is -2.28. The third-order valence-corrected chi connectivity index (χ3v) is 3.63. The Kier molecular flexibility index (Phi) is 2.94. The second kappa shape index (κ2) is 4.58. The average Bonchev–Trinajstić information content (AvgIpc) is 2.71. The van der Waals surface area contributed by atoms with Gasteiger partial charge in [-0.3, -0.25) is 0 Å². The van der Waals surface area contributed by atoms with Crippen molar-refractivity contribution >= 4 is 5.82 Å². The van der Waals surface area contributed by atoms with E-state index in [9.17, 15) is 0 Å². The smallest absolute Gasteiger partial charge is 0.148 e. The van der Waals surface area contributed by atoms with Crippen molar-refractivity contribution in [3.05, 3.63) is 17.8 Å². The molecule has 3 heterocycles. The molecule has 17 heavy (non-hydrogen) atoms. The monoisotopic (exact) mass is 233 g/mol. The van der Waals surface area contributed by atoms with E-state index in [2.05, 4.69) is 44.9 Å². The van der Waals surface area contributed by atoms with Crippen molar-refractivity contribution in [3.8, 4) is 0 Å². The van der Waals surface area contributed by atoms with Gasteiger partial charge in [0, 0.05) is 25.6 Å². The van der Waals surface area contributed by atoms with Crippen LogP contribution in [0.5, 0.6) is 0 Å². The minimum absolute atomic E-state index is 0.521. The van der Waals surface area contributed by atoms with E-state index < -0.39 is 0 Å². The van der Waals surface area contributed by atoms with Crippen LogP contribution in [0, 0.1) is 0 Å². The molecule has 5 nitrogen and oxygen atoms in total. The fourth-order valence-corrected chi connectivity index (χ4v) is 2.41. The maximum absolute atomic E-state index is 4.35. The quantitative estimate of drug-likeness (QED) is 0.785. The number of hydrogen-bond donors (Lipinski definition) is 2. The molecule has 2 aliphatic rings. The fraction of sp³-hybridized carbons (Fsp3) is 0.667. The number of likely N-dealkylation sites (tertiary alicyclic amines) is 1. The van der Waals surface area contributed by atoms with Gasteiger partial charge in [-0.1, -0.05) is 0 Å². The Bertz CT molecular complexity index is 373. The van der Waals surface area contributed by atoms with Crippen molar-refractivity contribution in [3.63, 3.8) is 0 Å². The van der Waals surface area contributed by atoms with Crippen LogP contribution in [-0.2, 0) is 0 Å². The first kappa shape index (κ1) is 10.9. The van der Waals surface area contributed by atoms with Crippen molar-refractivity contribution in [1.29, 1.82) is 0 Å². The van der Waals surface area contributed by atoms with Crippen molar-refractivity contribution in [2.75, 3.05) is 38.5 Å². The molecule has 92 valence electrons. The van der Waals surface area contributed by atoms with Crippen molar-refractivity contribution in [2.24, 2.45) is 0 Å². The van der Waals surface area contributed by atoms with Gasteiger partial charge in [0.2, 0.25) is 0 Å². The molecule has 1 aromatic heterocycles. The zero-order chi connectivity index (χ0) is 11.7. The van der Waals surface area contributed by atoms with Crippen LogP contribution in [0.1, 0.15) is 18.0 Å². The van der Waals surface area contributed by atoms with E-state index >= 15 is 0 Å². The SMILES string of the molecule is CN1CCC(c2ccc(NC3CNC3)nn2)C1. The Morgan fingerprint density at radius 2 is 2.24 bits per heavy atom. The van der Waals surface area contributed by atoms with E-state index in [0.29, 0.717) is 12.0 Å². The summed E-state index contributed by atoms with van der Waals surface area (Å²) in [4.78, 5) is 2.35. The summed E-state index contributed by atoms with van der Waals surface area (Å²) in [6, 6.07) is 4.69. The molecule has 0 aromatic carbocycles. The van der Waals surface area contributed by atoms with Gasteiger partial charge < -0.3 is 15.5 Å². The molecule has 0 radical (unpaired) electrons. The number of aromatic nitrogens is 2. The maximum atomic E-state index is 4.35. The highest BCUT2D eigenvalue weighted by Gasteiger charge is 2.23. The summed E-state index contributed by atoms with van der Waals surface area (Å²) in [6.07, 6.45) is 1.20. The van der Waals surface area contributed by atoms with Crippen molar-refractivity contribution < 1.29 is 0 Å². The zero-order valence-corrected chi connectivity index (χ0v) is 10.2. The second-order valence-corrected chi connectivity index (χ2v) is 5.09. The molecule has 0 aliphatic carbocycles. The third-order valence-electron chi connectivity index (χ3n) is 3.63. The van der Waals surface area contributed by atoms with E-state index in [0.717, 1.165) is 31.1 Å². The summed E-state index contributed by atoms with van der Waals surface area (Å²) in [5.74, 6) is 1.46. The molecule has 1 unspecified atom stereocenters. The number of hydrogen-bond acceptors (Lipinski definition) is 5. The Morgan fingerprint density at radius 1 is 1.35 bits per heavy atom. The van der Waals surface area contributed by atoms with E-state index in [1.807, 2.05) is 0 Å². The van der Waals surface area contributed by atoms with Crippen LogP contribution in [0.2, 0.25) is 0 Å². The van der Waals surface area contributed by atoms with Gasteiger partial charge in [0.05, 0.1) is 11.7 Å². The van der Waals surface area contributed by atoms with Crippen LogP contribution >= 0.6 is 0 Å². The molecule has 0 saturated carbocycles. The fourth-order valence-electron chi connectivity index (χ4n) is 2.41. The van der Waals surface area contributed by atoms with Crippen LogP contribution in [0.15, 0.2) is 12.1 Å². The molecule has 2 saturated heterocycles. The maximum Gasteiger partial charge on any atom is 0.148 e. The topological polar surface area (TPSA) is 53.1 Å². The predicted octanol–water partition coefficient (Wildman–Crippen LogP) is 0.279. The number of nitrogens with one attached hydrogen (secondary N) is 2. The van der Waals surface area contributed by atoms with Gasteiger partial charge in [-0.25, -0.2) is 0 Å². The van der Waals surface area contributed by atoms with E-state index in [1.54, 1.807) is 0 Å². The first-order valence-corrected chi connectivity index (χ1v) is 6.31. The average molecular weight is 233 g/mol. The number of rotatable bonds is 3. The van der Waals surface area contributed by atoms with E-state index in [-0.39, 0.29) is 0 Å². The Labute approximate surface area is 102 Å². The summed E-state index contributed by atoms with van der Waals surface area (Å²) in [5.41, 5.74) is 1.13.